The predicted molar refractivity (Wildman–Crippen MR) is 74.3 cm³/mol. The summed E-state index contributed by atoms with van der Waals surface area (Å²) >= 11 is 0. The van der Waals surface area contributed by atoms with E-state index in [1.165, 1.54) is 17.3 Å². The number of carbonyl (C=O) groups excluding carboxylic acids is 2. The van der Waals surface area contributed by atoms with E-state index >= 15 is 0 Å². The summed E-state index contributed by atoms with van der Waals surface area (Å²) in [6, 6.07) is 0. The standard InChI is InChI=1S/C14H17N3O5/c1-2-22-14(21)9-3-7-17(8-4-9)12(18)10-11(13(19)20)16-6-5-15-10/h5-6,9H,2-4,7-8H2,1H3,(H,19,20). The number of ether oxygens (including phenoxy) is 1. The van der Waals surface area contributed by atoms with Crippen LogP contribution in [0.4, 0.5) is 0 Å². The summed E-state index contributed by atoms with van der Waals surface area (Å²) in [5, 5.41) is 9.05. The second-order valence-electron chi connectivity index (χ2n) is 4.88. The van der Waals surface area contributed by atoms with Crippen LogP contribution in [0.2, 0.25) is 0 Å². The van der Waals surface area contributed by atoms with Crippen LogP contribution in [0.3, 0.4) is 0 Å². The van der Waals surface area contributed by atoms with Crippen molar-refractivity contribution in [2.45, 2.75) is 19.8 Å². The molecule has 8 nitrogen and oxygen atoms in total. The predicted octanol–water partition coefficient (Wildman–Crippen LogP) is 0.590. The molecule has 8 heteroatoms. The first kappa shape index (κ1) is 15.9. The van der Waals surface area contributed by atoms with Gasteiger partial charge < -0.3 is 14.7 Å². The molecule has 22 heavy (non-hydrogen) atoms. The number of carbonyl (C=O) groups is 3. The summed E-state index contributed by atoms with van der Waals surface area (Å²) in [5.74, 6) is -2.24. The number of hydrogen-bond donors (Lipinski definition) is 1. The summed E-state index contributed by atoms with van der Waals surface area (Å²) in [6.07, 6.45) is 3.50. The van der Waals surface area contributed by atoms with Gasteiger partial charge in [-0.15, -0.1) is 0 Å². The highest BCUT2D eigenvalue weighted by Gasteiger charge is 2.31. The maximum absolute atomic E-state index is 12.4. The first-order valence-electron chi connectivity index (χ1n) is 7.04. The van der Waals surface area contributed by atoms with E-state index < -0.39 is 11.9 Å². The minimum Gasteiger partial charge on any atom is -0.476 e. The molecule has 2 rings (SSSR count). The number of esters is 1. The quantitative estimate of drug-likeness (QED) is 0.810. The molecule has 0 aromatic carbocycles. The fourth-order valence-electron chi connectivity index (χ4n) is 2.38. The number of likely N-dealkylation sites (tertiary alicyclic amines) is 1. The fraction of sp³-hybridized carbons (Fsp3) is 0.500. The van der Waals surface area contributed by atoms with Gasteiger partial charge in [0.25, 0.3) is 5.91 Å². The average Bonchev–Trinajstić information content (AvgIpc) is 2.54. The third-order valence-electron chi connectivity index (χ3n) is 3.51. The summed E-state index contributed by atoms with van der Waals surface area (Å²) in [4.78, 5) is 44.1. The van der Waals surface area contributed by atoms with E-state index in [0.29, 0.717) is 32.5 Å². The van der Waals surface area contributed by atoms with Gasteiger partial charge in [-0.25, -0.2) is 14.8 Å². The first-order valence-corrected chi connectivity index (χ1v) is 7.04. The number of carboxylic acids is 1. The van der Waals surface area contributed by atoms with Crippen LogP contribution in [0, 0.1) is 5.92 Å². The van der Waals surface area contributed by atoms with Gasteiger partial charge >= 0.3 is 11.9 Å². The number of aromatic carboxylic acids is 1. The molecule has 0 unspecified atom stereocenters. The Bertz CT molecular complexity index is 582. The average molecular weight is 307 g/mol. The van der Waals surface area contributed by atoms with Crippen molar-refractivity contribution >= 4 is 17.8 Å². The molecule has 1 saturated heterocycles. The molecule has 1 aromatic rings. The van der Waals surface area contributed by atoms with Crippen molar-refractivity contribution in [2.75, 3.05) is 19.7 Å². The van der Waals surface area contributed by atoms with Crippen LogP contribution >= 0.6 is 0 Å². The van der Waals surface area contributed by atoms with E-state index in [1.807, 2.05) is 0 Å². The Morgan fingerprint density at radius 3 is 2.36 bits per heavy atom. The zero-order chi connectivity index (χ0) is 16.1. The van der Waals surface area contributed by atoms with Crippen molar-refractivity contribution in [3.63, 3.8) is 0 Å². The normalized spacial score (nSPS) is 15.4. The number of nitrogens with zero attached hydrogens (tertiary/aromatic N) is 3. The van der Waals surface area contributed by atoms with E-state index in [-0.39, 0.29) is 23.3 Å². The molecular weight excluding hydrogens is 290 g/mol. The van der Waals surface area contributed by atoms with Crippen LogP contribution in [-0.4, -0.2) is 57.5 Å². The maximum Gasteiger partial charge on any atom is 0.356 e. The highest BCUT2D eigenvalue weighted by atomic mass is 16.5. The Hall–Kier alpha value is -2.51. The topological polar surface area (TPSA) is 110 Å². The number of hydrogen-bond acceptors (Lipinski definition) is 6. The van der Waals surface area contributed by atoms with Gasteiger partial charge in [-0.1, -0.05) is 0 Å². The zero-order valence-electron chi connectivity index (χ0n) is 12.2. The molecule has 1 aromatic heterocycles. The van der Waals surface area contributed by atoms with Crippen molar-refractivity contribution in [1.29, 1.82) is 0 Å². The lowest BCUT2D eigenvalue weighted by Gasteiger charge is -2.30. The van der Waals surface area contributed by atoms with E-state index in [2.05, 4.69) is 9.97 Å². The van der Waals surface area contributed by atoms with Crippen molar-refractivity contribution in [2.24, 2.45) is 5.92 Å². The minimum atomic E-state index is -1.29. The summed E-state index contributed by atoms with van der Waals surface area (Å²) in [6.45, 7) is 2.80. The number of rotatable bonds is 4. The molecule has 118 valence electrons. The highest BCUT2D eigenvalue weighted by Crippen LogP contribution is 2.20. The first-order chi connectivity index (χ1) is 10.5. The maximum atomic E-state index is 12.4. The SMILES string of the molecule is CCOC(=O)C1CCN(C(=O)c2nccnc2C(=O)O)CC1. The molecule has 0 radical (unpaired) electrons. The summed E-state index contributed by atoms with van der Waals surface area (Å²) in [7, 11) is 0. The van der Waals surface area contributed by atoms with E-state index in [0.717, 1.165) is 0 Å². The van der Waals surface area contributed by atoms with Gasteiger partial charge in [0.1, 0.15) is 0 Å². The minimum absolute atomic E-state index is 0.176. The highest BCUT2D eigenvalue weighted by molar-refractivity contribution is 6.02. The summed E-state index contributed by atoms with van der Waals surface area (Å²) < 4.78 is 4.97. The van der Waals surface area contributed by atoms with E-state index in [9.17, 15) is 14.4 Å². The lowest BCUT2D eigenvalue weighted by atomic mass is 9.96. The second-order valence-corrected chi connectivity index (χ2v) is 4.88. The third kappa shape index (κ3) is 3.38. The number of amides is 1. The van der Waals surface area contributed by atoms with Crippen LogP contribution in [0.1, 0.15) is 40.7 Å². The molecule has 1 aliphatic heterocycles. The number of aromatic nitrogens is 2. The Morgan fingerprint density at radius 1 is 1.23 bits per heavy atom. The molecule has 2 heterocycles. The van der Waals surface area contributed by atoms with Gasteiger partial charge in [0, 0.05) is 25.5 Å². The van der Waals surface area contributed by atoms with Gasteiger partial charge in [-0.2, -0.15) is 0 Å². The smallest absolute Gasteiger partial charge is 0.356 e. The molecule has 1 aliphatic rings. The lowest BCUT2D eigenvalue weighted by Crippen LogP contribution is -2.41. The van der Waals surface area contributed by atoms with Gasteiger partial charge in [0.2, 0.25) is 0 Å². The molecular formula is C14H17N3O5. The van der Waals surface area contributed by atoms with Crippen LogP contribution in [-0.2, 0) is 9.53 Å². The van der Waals surface area contributed by atoms with Crippen LogP contribution in [0.15, 0.2) is 12.4 Å². The van der Waals surface area contributed by atoms with Crippen molar-refractivity contribution < 1.29 is 24.2 Å². The molecule has 1 N–H and O–H groups in total. The Labute approximate surface area is 127 Å². The molecule has 0 aliphatic carbocycles. The summed E-state index contributed by atoms with van der Waals surface area (Å²) in [5.41, 5.74) is -0.537. The monoisotopic (exact) mass is 307 g/mol. The van der Waals surface area contributed by atoms with Crippen molar-refractivity contribution in [3.05, 3.63) is 23.8 Å². The van der Waals surface area contributed by atoms with Gasteiger partial charge in [-0.3, -0.25) is 9.59 Å². The van der Waals surface area contributed by atoms with Gasteiger partial charge in [0.15, 0.2) is 11.4 Å². The Kier molecular flexibility index (Phi) is 5.03. The number of carboxylic acid groups (broad SMARTS) is 1. The van der Waals surface area contributed by atoms with Gasteiger partial charge in [-0.05, 0) is 19.8 Å². The number of piperidine rings is 1. The zero-order valence-corrected chi connectivity index (χ0v) is 12.2. The van der Waals surface area contributed by atoms with Crippen LogP contribution < -0.4 is 0 Å². The molecule has 1 amide bonds. The van der Waals surface area contributed by atoms with Crippen LogP contribution in [0.25, 0.3) is 0 Å². The van der Waals surface area contributed by atoms with Crippen molar-refractivity contribution in [1.82, 2.24) is 14.9 Å². The molecule has 0 saturated carbocycles. The molecule has 0 spiro atoms. The molecule has 1 fully saturated rings. The molecule has 0 atom stereocenters. The van der Waals surface area contributed by atoms with E-state index in [1.54, 1.807) is 6.92 Å². The third-order valence-corrected chi connectivity index (χ3v) is 3.51. The largest absolute Gasteiger partial charge is 0.476 e. The lowest BCUT2D eigenvalue weighted by molar-refractivity contribution is -0.149. The van der Waals surface area contributed by atoms with Crippen molar-refractivity contribution in [3.8, 4) is 0 Å². The Balaban J connectivity index is 2.04. The van der Waals surface area contributed by atoms with Crippen LogP contribution in [0.5, 0.6) is 0 Å². The van der Waals surface area contributed by atoms with E-state index in [4.69, 9.17) is 9.84 Å². The Morgan fingerprint density at radius 2 is 1.82 bits per heavy atom. The molecule has 0 bridgehead atoms. The second kappa shape index (κ2) is 6.97. The van der Waals surface area contributed by atoms with Gasteiger partial charge in [0.05, 0.1) is 12.5 Å². The fourth-order valence-corrected chi connectivity index (χ4v) is 2.38.